The fourth-order valence-corrected chi connectivity index (χ4v) is 2.90. The molecule has 0 spiro atoms. The van der Waals surface area contributed by atoms with E-state index in [2.05, 4.69) is 26.1 Å². The molecule has 18 heavy (non-hydrogen) atoms. The smallest absolute Gasteiger partial charge is 0.308 e. The predicted octanol–water partition coefficient (Wildman–Crippen LogP) is 2.43. The molecular formula is C14H25NO3. The molecule has 2 N–H and O–H groups in total. The minimum absolute atomic E-state index is 0.00120. The summed E-state index contributed by atoms with van der Waals surface area (Å²) >= 11 is 0. The summed E-state index contributed by atoms with van der Waals surface area (Å²) in [6.45, 7) is 6.36. The Bertz CT molecular complexity index is 301. The summed E-state index contributed by atoms with van der Waals surface area (Å²) in [4.78, 5) is 22.9. The fraction of sp³-hybridized carbons (Fsp3) is 0.857. The minimum Gasteiger partial charge on any atom is -0.481 e. The highest BCUT2D eigenvalue weighted by molar-refractivity contribution is 5.78. The van der Waals surface area contributed by atoms with Gasteiger partial charge in [0, 0.05) is 12.5 Å². The molecule has 0 radical (unpaired) electrons. The van der Waals surface area contributed by atoms with E-state index < -0.39 is 11.9 Å². The van der Waals surface area contributed by atoms with Crippen LogP contribution in [0.3, 0.4) is 0 Å². The standard InChI is InChI=1S/C14H25NO3/c1-9(2)7-10(3)8-13(16)15-12-6-4-5-11(12)14(17)18/h9-12H,4-8H2,1-3H3,(H,15,16)(H,17,18)/t10?,11-,12+/m0/s1. The zero-order valence-electron chi connectivity index (χ0n) is 11.6. The van der Waals surface area contributed by atoms with Crippen LogP contribution in [0, 0.1) is 17.8 Å². The van der Waals surface area contributed by atoms with E-state index in [0.717, 1.165) is 19.3 Å². The Hall–Kier alpha value is -1.06. The first kappa shape index (κ1) is 15.0. The maximum Gasteiger partial charge on any atom is 0.308 e. The van der Waals surface area contributed by atoms with E-state index in [9.17, 15) is 9.59 Å². The van der Waals surface area contributed by atoms with Crippen molar-refractivity contribution in [2.24, 2.45) is 17.8 Å². The van der Waals surface area contributed by atoms with Crippen molar-refractivity contribution in [3.63, 3.8) is 0 Å². The summed E-state index contributed by atoms with van der Waals surface area (Å²) in [5, 5.41) is 11.9. The quantitative estimate of drug-likeness (QED) is 0.766. The van der Waals surface area contributed by atoms with Crippen molar-refractivity contribution in [2.45, 2.75) is 58.9 Å². The third-order valence-electron chi connectivity index (χ3n) is 3.59. The second-order valence-electron chi connectivity index (χ2n) is 5.99. The van der Waals surface area contributed by atoms with Crippen LogP contribution >= 0.6 is 0 Å². The molecular weight excluding hydrogens is 230 g/mol. The summed E-state index contributed by atoms with van der Waals surface area (Å²) in [5.74, 6) is -0.232. The van der Waals surface area contributed by atoms with E-state index in [1.165, 1.54) is 0 Å². The highest BCUT2D eigenvalue weighted by Crippen LogP contribution is 2.26. The van der Waals surface area contributed by atoms with E-state index in [1.54, 1.807) is 0 Å². The number of amides is 1. The SMILES string of the molecule is CC(C)CC(C)CC(=O)N[C@@H]1CCC[C@@H]1C(=O)O. The number of carbonyl (C=O) groups excluding carboxylic acids is 1. The van der Waals surface area contributed by atoms with E-state index in [-0.39, 0.29) is 11.9 Å². The third-order valence-corrected chi connectivity index (χ3v) is 3.59. The number of carbonyl (C=O) groups is 2. The highest BCUT2D eigenvalue weighted by atomic mass is 16.4. The molecule has 0 aromatic heterocycles. The van der Waals surface area contributed by atoms with Crippen LogP contribution in [-0.4, -0.2) is 23.0 Å². The number of aliphatic carboxylic acids is 1. The van der Waals surface area contributed by atoms with Gasteiger partial charge in [0.15, 0.2) is 0 Å². The van der Waals surface area contributed by atoms with Crippen molar-refractivity contribution in [2.75, 3.05) is 0 Å². The fourth-order valence-electron chi connectivity index (χ4n) is 2.90. The van der Waals surface area contributed by atoms with Crippen molar-refractivity contribution in [1.29, 1.82) is 0 Å². The normalized spacial score (nSPS) is 25.1. The molecule has 0 aromatic rings. The van der Waals surface area contributed by atoms with Gasteiger partial charge in [0.25, 0.3) is 0 Å². The number of carboxylic acids is 1. The van der Waals surface area contributed by atoms with Crippen LogP contribution in [0.15, 0.2) is 0 Å². The summed E-state index contributed by atoms with van der Waals surface area (Å²) < 4.78 is 0. The number of hydrogen-bond acceptors (Lipinski definition) is 2. The van der Waals surface area contributed by atoms with Gasteiger partial charge in [0.2, 0.25) is 5.91 Å². The van der Waals surface area contributed by atoms with Crippen molar-refractivity contribution in [1.82, 2.24) is 5.32 Å². The highest BCUT2D eigenvalue weighted by Gasteiger charge is 2.33. The zero-order valence-corrected chi connectivity index (χ0v) is 11.6. The van der Waals surface area contributed by atoms with Gasteiger partial charge in [-0.1, -0.05) is 27.2 Å². The van der Waals surface area contributed by atoms with Gasteiger partial charge in [0.1, 0.15) is 0 Å². The Morgan fingerprint density at radius 1 is 1.28 bits per heavy atom. The first-order valence-corrected chi connectivity index (χ1v) is 6.92. The van der Waals surface area contributed by atoms with Crippen LogP contribution in [0.2, 0.25) is 0 Å². The molecule has 4 heteroatoms. The van der Waals surface area contributed by atoms with Gasteiger partial charge in [-0.3, -0.25) is 9.59 Å². The minimum atomic E-state index is -0.784. The van der Waals surface area contributed by atoms with Gasteiger partial charge in [-0.15, -0.1) is 0 Å². The lowest BCUT2D eigenvalue weighted by Gasteiger charge is -2.19. The van der Waals surface area contributed by atoms with Gasteiger partial charge in [-0.25, -0.2) is 0 Å². The Labute approximate surface area is 109 Å². The number of hydrogen-bond donors (Lipinski definition) is 2. The molecule has 1 aliphatic carbocycles. The second-order valence-corrected chi connectivity index (χ2v) is 5.99. The molecule has 104 valence electrons. The largest absolute Gasteiger partial charge is 0.481 e. The molecule has 1 unspecified atom stereocenters. The molecule has 0 heterocycles. The molecule has 0 aromatic carbocycles. The maximum absolute atomic E-state index is 11.9. The number of carboxylic acid groups (broad SMARTS) is 1. The van der Waals surface area contributed by atoms with Crippen molar-refractivity contribution >= 4 is 11.9 Å². The lowest BCUT2D eigenvalue weighted by molar-refractivity contribution is -0.142. The second kappa shape index (κ2) is 6.76. The van der Waals surface area contributed by atoms with Crippen LogP contribution < -0.4 is 5.32 Å². The van der Waals surface area contributed by atoms with E-state index >= 15 is 0 Å². The molecule has 1 saturated carbocycles. The maximum atomic E-state index is 11.9. The molecule has 0 bridgehead atoms. The van der Waals surface area contributed by atoms with Crippen molar-refractivity contribution in [3.8, 4) is 0 Å². The molecule has 1 aliphatic rings. The molecule has 0 saturated heterocycles. The topological polar surface area (TPSA) is 66.4 Å². The van der Waals surface area contributed by atoms with Crippen LogP contribution in [0.4, 0.5) is 0 Å². The Kier molecular flexibility index (Phi) is 5.63. The van der Waals surface area contributed by atoms with Gasteiger partial charge in [-0.05, 0) is 31.1 Å². The first-order valence-electron chi connectivity index (χ1n) is 6.92. The molecule has 3 atom stereocenters. The van der Waals surface area contributed by atoms with Crippen LogP contribution in [0.1, 0.15) is 52.9 Å². The Morgan fingerprint density at radius 3 is 2.50 bits per heavy atom. The van der Waals surface area contributed by atoms with E-state index in [1.807, 2.05) is 0 Å². The van der Waals surface area contributed by atoms with E-state index in [4.69, 9.17) is 5.11 Å². The summed E-state index contributed by atoms with van der Waals surface area (Å²) in [6, 6.07) is -0.166. The lowest BCUT2D eigenvalue weighted by atomic mass is 9.95. The third kappa shape index (κ3) is 4.67. The Morgan fingerprint density at radius 2 is 1.94 bits per heavy atom. The van der Waals surface area contributed by atoms with Crippen LogP contribution in [0.25, 0.3) is 0 Å². The van der Waals surface area contributed by atoms with Gasteiger partial charge >= 0.3 is 5.97 Å². The predicted molar refractivity (Wildman–Crippen MR) is 70.1 cm³/mol. The average molecular weight is 255 g/mol. The summed E-state index contributed by atoms with van der Waals surface area (Å²) in [5.41, 5.74) is 0. The monoisotopic (exact) mass is 255 g/mol. The summed E-state index contributed by atoms with van der Waals surface area (Å²) in [7, 11) is 0. The van der Waals surface area contributed by atoms with Crippen molar-refractivity contribution < 1.29 is 14.7 Å². The molecule has 4 nitrogen and oxygen atoms in total. The number of rotatable bonds is 6. The lowest BCUT2D eigenvalue weighted by Crippen LogP contribution is -2.40. The summed E-state index contributed by atoms with van der Waals surface area (Å²) in [6.07, 6.45) is 3.90. The Balaban J connectivity index is 2.37. The number of nitrogens with one attached hydrogen (secondary N) is 1. The van der Waals surface area contributed by atoms with Gasteiger partial charge in [0.05, 0.1) is 5.92 Å². The first-order chi connectivity index (χ1) is 8.40. The molecule has 0 aliphatic heterocycles. The zero-order chi connectivity index (χ0) is 13.7. The van der Waals surface area contributed by atoms with E-state index in [0.29, 0.717) is 24.7 Å². The molecule has 1 fully saturated rings. The van der Waals surface area contributed by atoms with Crippen LogP contribution in [0.5, 0.6) is 0 Å². The van der Waals surface area contributed by atoms with Gasteiger partial charge in [-0.2, -0.15) is 0 Å². The van der Waals surface area contributed by atoms with Gasteiger partial charge < -0.3 is 10.4 Å². The van der Waals surface area contributed by atoms with Crippen molar-refractivity contribution in [3.05, 3.63) is 0 Å². The molecule has 1 rings (SSSR count). The average Bonchev–Trinajstić information content (AvgIpc) is 2.63. The van der Waals surface area contributed by atoms with Crippen LogP contribution in [-0.2, 0) is 9.59 Å². The molecule has 1 amide bonds.